The molecule has 0 N–H and O–H groups in total. The highest BCUT2D eigenvalue weighted by molar-refractivity contribution is 5.67. The van der Waals surface area contributed by atoms with Crippen molar-refractivity contribution in [1.82, 2.24) is 0 Å². The van der Waals surface area contributed by atoms with Gasteiger partial charge in [0.1, 0.15) is 0 Å². The van der Waals surface area contributed by atoms with E-state index in [0.29, 0.717) is 13.2 Å². The van der Waals surface area contributed by atoms with Crippen LogP contribution in [0.25, 0.3) is 11.1 Å². The van der Waals surface area contributed by atoms with Crippen molar-refractivity contribution in [1.29, 1.82) is 0 Å². The Kier molecular flexibility index (Phi) is 3.13. The standard InChI is InChI=1S/C16H16O2/c1-12-6-8-13(9-7-12)14-4-2-3-5-15(14)16-17-10-11-18-16/h2-9,16H,10-11H2,1H3. The minimum atomic E-state index is -0.220. The third kappa shape index (κ3) is 2.17. The molecule has 0 radical (unpaired) electrons. The van der Waals surface area contributed by atoms with Crippen molar-refractivity contribution in [2.75, 3.05) is 13.2 Å². The van der Waals surface area contributed by atoms with Crippen molar-refractivity contribution in [2.24, 2.45) is 0 Å². The van der Waals surface area contributed by atoms with Gasteiger partial charge < -0.3 is 9.47 Å². The zero-order valence-corrected chi connectivity index (χ0v) is 10.4. The van der Waals surface area contributed by atoms with Crippen LogP contribution in [0.15, 0.2) is 48.5 Å². The van der Waals surface area contributed by atoms with Crippen LogP contribution in [0.4, 0.5) is 0 Å². The summed E-state index contributed by atoms with van der Waals surface area (Å²) in [4.78, 5) is 0. The van der Waals surface area contributed by atoms with Gasteiger partial charge in [-0.1, -0.05) is 54.1 Å². The van der Waals surface area contributed by atoms with Gasteiger partial charge in [-0.2, -0.15) is 0 Å². The third-order valence-electron chi connectivity index (χ3n) is 3.20. The highest BCUT2D eigenvalue weighted by atomic mass is 16.7. The molecule has 18 heavy (non-hydrogen) atoms. The van der Waals surface area contributed by atoms with E-state index in [1.54, 1.807) is 0 Å². The fraction of sp³-hybridized carbons (Fsp3) is 0.250. The molecule has 0 bridgehead atoms. The van der Waals surface area contributed by atoms with Gasteiger partial charge in [0, 0.05) is 5.56 Å². The highest BCUT2D eigenvalue weighted by Crippen LogP contribution is 2.32. The van der Waals surface area contributed by atoms with Crippen molar-refractivity contribution in [3.8, 4) is 11.1 Å². The lowest BCUT2D eigenvalue weighted by molar-refractivity contribution is -0.0436. The Morgan fingerprint density at radius 1 is 0.889 bits per heavy atom. The minimum Gasteiger partial charge on any atom is -0.346 e. The van der Waals surface area contributed by atoms with Crippen LogP contribution in [-0.2, 0) is 9.47 Å². The summed E-state index contributed by atoms with van der Waals surface area (Å²) in [5.41, 5.74) is 4.77. The molecule has 0 atom stereocenters. The molecule has 2 heteroatoms. The van der Waals surface area contributed by atoms with Crippen molar-refractivity contribution >= 4 is 0 Å². The highest BCUT2D eigenvalue weighted by Gasteiger charge is 2.21. The Morgan fingerprint density at radius 2 is 1.56 bits per heavy atom. The van der Waals surface area contributed by atoms with E-state index in [9.17, 15) is 0 Å². The molecule has 2 aromatic rings. The fourth-order valence-corrected chi connectivity index (χ4v) is 2.24. The summed E-state index contributed by atoms with van der Waals surface area (Å²) in [6.07, 6.45) is -0.220. The van der Waals surface area contributed by atoms with Crippen LogP contribution < -0.4 is 0 Å². The van der Waals surface area contributed by atoms with E-state index >= 15 is 0 Å². The van der Waals surface area contributed by atoms with E-state index in [0.717, 1.165) is 5.56 Å². The van der Waals surface area contributed by atoms with Crippen LogP contribution in [0, 0.1) is 6.92 Å². The lowest BCUT2D eigenvalue weighted by Gasteiger charge is -2.14. The first kappa shape index (κ1) is 11.5. The van der Waals surface area contributed by atoms with Gasteiger partial charge in [0.15, 0.2) is 6.29 Å². The maximum absolute atomic E-state index is 5.60. The average molecular weight is 240 g/mol. The maximum atomic E-state index is 5.60. The minimum absolute atomic E-state index is 0.220. The van der Waals surface area contributed by atoms with E-state index in [1.807, 2.05) is 12.1 Å². The van der Waals surface area contributed by atoms with E-state index < -0.39 is 0 Å². The molecule has 0 aromatic heterocycles. The molecule has 1 heterocycles. The summed E-state index contributed by atoms with van der Waals surface area (Å²) < 4.78 is 11.2. The van der Waals surface area contributed by atoms with Crippen molar-refractivity contribution in [2.45, 2.75) is 13.2 Å². The quantitative estimate of drug-likeness (QED) is 0.796. The van der Waals surface area contributed by atoms with Crippen LogP contribution >= 0.6 is 0 Å². The smallest absolute Gasteiger partial charge is 0.184 e. The molecule has 0 unspecified atom stereocenters. The van der Waals surface area contributed by atoms with Gasteiger partial charge in [0.2, 0.25) is 0 Å². The molecule has 1 aliphatic heterocycles. The van der Waals surface area contributed by atoms with Crippen LogP contribution in [0.3, 0.4) is 0 Å². The van der Waals surface area contributed by atoms with Crippen molar-refractivity contribution in [3.05, 3.63) is 59.7 Å². The van der Waals surface area contributed by atoms with Crippen LogP contribution in [0.2, 0.25) is 0 Å². The van der Waals surface area contributed by atoms with Gasteiger partial charge in [-0.15, -0.1) is 0 Å². The van der Waals surface area contributed by atoms with E-state index in [1.165, 1.54) is 16.7 Å². The SMILES string of the molecule is Cc1ccc(-c2ccccc2C2OCCO2)cc1. The zero-order chi connectivity index (χ0) is 12.4. The van der Waals surface area contributed by atoms with Crippen molar-refractivity contribution < 1.29 is 9.47 Å². The number of ether oxygens (including phenoxy) is 2. The zero-order valence-electron chi connectivity index (χ0n) is 10.4. The van der Waals surface area contributed by atoms with Gasteiger partial charge in [-0.05, 0) is 18.1 Å². The summed E-state index contributed by atoms with van der Waals surface area (Å²) in [7, 11) is 0. The largest absolute Gasteiger partial charge is 0.346 e. The molecule has 0 amide bonds. The second-order valence-electron chi connectivity index (χ2n) is 4.53. The molecule has 1 aliphatic rings. The number of hydrogen-bond donors (Lipinski definition) is 0. The first-order valence-electron chi connectivity index (χ1n) is 6.24. The van der Waals surface area contributed by atoms with E-state index in [2.05, 4.69) is 43.3 Å². The summed E-state index contributed by atoms with van der Waals surface area (Å²) in [6, 6.07) is 16.8. The molecular weight excluding hydrogens is 224 g/mol. The molecular formula is C16H16O2. The van der Waals surface area contributed by atoms with Gasteiger partial charge in [0.05, 0.1) is 13.2 Å². The predicted molar refractivity (Wildman–Crippen MR) is 71.3 cm³/mol. The average Bonchev–Trinajstić information content (AvgIpc) is 2.93. The molecule has 0 saturated carbocycles. The molecule has 2 nitrogen and oxygen atoms in total. The van der Waals surface area contributed by atoms with Crippen LogP contribution in [0.1, 0.15) is 17.4 Å². The lowest BCUT2D eigenvalue weighted by atomic mass is 9.98. The molecule has 92 valence electrons. The predicted octanol–water partition coefficient (Wildman–Crippen LogP) is 3.71. The Labute approximate surface area is 107 Å². The molecule has 1 fully saturated rings. The van der Waals surface area contributed by atoms with Crippen LogP contribution in [0.5, 0.6) is 0 Å². The number of aryl methyl sites for hydroxylation is 1. The molecule has 0 spiro atoms. The summed E-state index contributed by atoms with van der Waals surface area (Å²) in [5, 5.41) is 0. The fourth-order valence-electron chi connectivity index (χ4n) is 2.24. The Hall–Kier alpha value is -1.64. The number of rotatable bonds is 2. The second kappa shape index (κ2) is 4.92. The molecule has 3 rings (SSSR count). The maximum Gasteiger partial charge on any atom is 0.184 e. The van der Waals surface area contributed by atoms with E-state index in [4.69, 9.17) is 9.47 Å². The first-order valence-corrected chi connectivity index (χ1v) is 6.24. The van der Waals surface area contributed by atoms with Gasteiger partial charge in [0.25, 0.3) is 0 Å². The normalized spacial score (nSPS) is 16.1. The van der Waals surface area contributed by atoms with Gasteiger partial charge >= 0.3 is 0 Å². The Bertz CT molecular complexity index is 525. The van der Waals surface area contributed by atoms with E-state index in [-0.39, 0.29) is 6.29 Å². The summed E-state index contributed by atoms with van der Waals surface area (Å²) in [5.74, 6) is 0. The molecule has 1 saturated heterocycles. The third-order valence-corrected chi connectivity index (χ3v) is 3.20. The molecule has 2 aromatic carbocycles. The van der Waals surface area contributed by atoms with Gasteiger partial charge in [-0.3, -0.25) is 0 Å². The second-order valence-corrected chi connectivity index (χ2v) is 4.53. The van der Waals surface area contributed by atoms with Gasteiger partial charge in [-0.25, -0.2) is 0 Å². The lowest BCUT2D eigenvalue weighted by Crippen LogP contribution is -2.00. The molecule has 0 aliphatic carbocycles. The Balaban J connectivity index is 2.03. The van der Waals surface area contributed by atoms with Crippen molar-refractivity contribution in [3.63, 3.8) is 0 Å². The van der Waals surface area contributed by atoms with Crippen LogP contribution in [-0.4, -0.2) is 13.2 Å². The first-order chi connectivity index (χ1) is 8.84. The monoisotopic (exact) mass is 240 g/mol. The number of hydrogen-bond acceptors (Lipinski definition) is 2. The number of benzene rings is 2. The summed E-state index contributed by atoms with van der Waals surface area (Å²) in [6.45, 7) is 3.44. The topological polar surface area (TPSA) is 18.5 Å². The Morgan fingerprint density at radius 3 is 2.28 bits per heavy atom. The summed E-state index contributed by atoms with van der Waals surface area (Å²) >= 11 is 0.